The molecule has 0 saturated heterocycles. The molecule has 0 saturated carbocycles. The molecule has 0 aromatic carbocycles. The smallest absolute Gasteiger partial charge is 0.107 e. The first-order valence-electron chi connectivity index (χ1n) is 5.10. The number of nitrogens with two attached hydrogens (primary N) is 1. The van der Waals surface area contributed by atoms with Crippen molar-refractivity contribution in [2.24, 2.45) is 12.8 Å². The molecule has 2 aromatic heterocycles. The zero-order valence-electron chi connectivity index (χ0n) is 9.97. The highest BCUT2D eigenvalue weighted by Crippen LogP contribution is 2.16. The van der Waals surface area contributed by atoms with Crippen molar-refractivity contribution in [3.8, 4) is 5.69 Å². The highest BCUT2D eigenvalue weighted by atomic mass is 15.4. The fourth-order valence-corrected chi connectivity index (χ4v) is 1.49. The molecule has 0 spiro atoms. The Labute approximate surface area is 94.1 Å². The quantitative estimate of drug-likeness (QED) is 0.800. The second-order valence-electron chi connectivity index (χ2n) is 4.54. The van der Waals surface area contributed by atoms with E-state index < -0.39 is 5.54 Å². The lowest BCUT2D eigenvalue weighted by atomic mass is 10.0. The Hall–Kier alpha value is -1.69. The summed E-state index contributed by atoms with van der Waals surface area (Å²) >= 11 is 0. The maximum atomic E-state index is 5.95. The van der Waals surface area contributed by atoms with Gasteiger partial charge in [0.25, 0.3) is 0 Å². The first kappa shape index (κ1) is 10.8. The van der Waals surface area contributed by atoms with Gasteiger partial charge in [0.2, 0.25) is 0 Å². The SMILES string of the molecule is Cc1nn(C)cc1-n1cc(C(C)(C)N)nn1. The highest BCUT2D eigenvalue weighted by Gasteiger charge is 2.19. The van der Waals surface area contributed by atoms with Crippen LogP contribution in [0.4, 0.5) is 0 Å². The van der Waals surface area contributed by atoms with Crippen LogP contribution in [0.3, 0.4) is 0 Å². The second kappa shape index (κ2) is 3.41. The average molecular weight is 220 g/mol. The molecular formula is C10H16N6. The van der Waals surface area contributed by atoms with Gasteiger partial charge in [-0.3, -0.25) is 4.68 Å². The molecule has 0 aliphatic heterocycles. The van der Waals surface area contributed by atoms with E-state index in [0.29, 0.717) is 0 Å². The predicted molar refractivity (Wildman–Crippen MR) is 60.1 cm³/mol. The molecule has 2 heterocycles. The van der Waals surface area contributed by atoms with Gasteiger partial charge in [-0.05, 0) is 20.8 Å². The summed E-state index contributed by atoms with van der Waals surface area (Å²) in [6, 6.07) is 0. The molecule has 0 fully saturated rings. The molecule has 0 atom stereocenters. The summed E-state index contributed by atoms with van der Waals surface area (Å²) < 4.78 is 3.45. The monoisotopic (exact) mass is 220 g/mol. The van der Waals surface area contributed by atoms with Gasteiger partial charge in [0.1, 0.15) is 11.4 Å². The highest BCUT2D eigenvalue weighted by molar-refractivity contribution is 5.32. The van der Waals surface area contributed by atoms with Gasteiger partial charge in [-0.25, -0.2) is 4.68 Å². The van der Waals surface area contributed by atoms with Crippen molar-refractivity contribution < 1.29 is 0 Å². The summed E-state index contributed by atoms with van der Waals surface area (Å²) in [4.78, 5) is 0. The third-order valence-electron chi connectivity index (χ3n) is 2.39. The van der Waals surface area contributed by atoms with Crippen LogP contribution in [0.25, 0.3) is 5.69 Å². The minimum Gasteiger partial charge on any atom is -0.320 e. The van der Waals surface area contributed by atoms with Gasteiger partial charge in [0, 0.05) is 7.05 Å². The Balaban J connectivity index is 2.43. The first-order valence-corrected chi connectivity index (χ1v) is 5.10. The van der Waals surface area contributed by atoms with Crippen LogP contribution in [0.15, 0.2) is 12.4 Å². The normalized spacial score (nSPS) is 12.1. The summed E-state index contributed by atoms with van der Waals surface area (Å²) in [6.07, 6.45) is 3.74. The third-order valence-corrected chi connectivity index (χ3v) is 2.39. The van der Waals surface area contributed by atoms with Crippen molar-refractivity contribution in [3.63, 3.8) is 0 Å². The van der Waals surface area contributed by atoms with Crippen LogP contribution in [0, 0.1) is 6.92 Å². The van der Waals surface area contributed by atoms with E-state index in [1.165, 1.54) is 0 Å². The summed E-state index contributed by atoms with van der Waals surface area (Å²) in [6.45, 7) is 5.74. The molecule has 0 amide bonds. The van der Waals surface area contributed by atoms with Crippen molar-refractivity contribution in [1.29, 1.82) is 0 Å². The van der Waals surface area contributed by atoms with Crippen LogP contribution in [0.5, 0.6) is 0 Å². The molecule has 2 N–H and O–H groups in total. The number of aryl methyl sites for hydroxylation is 2. The lowest BCUT2D eigenvalue weighted by Gasteiger charge is -2.13. The van der Waals surface area contributed by atoms with Crippen molar-refractivity contribution in [3.05, 3.63) is 23.8 Å². The largest absolute Gasteiger partial charge is 0.320 e. The predicted octanol–water partition coefficient (Wildman–Crippen LogP) is 0.503. The van der Waals surface area contributed by atoms with Crippen LogP contribution in [-0.4, -0.2) is 24.8 Å². The molecule has 0 radical (unpaired) electrons. The van der Waals surface area contributed by atoms with Gasteiger partial charge in [0.15, 0.2) is 0 Å². The van der Waals surface area contributed by atoms with Crippen LogP contribution in [-0.2, 0) is 12.6 Å². The van der Waals surface area contributed by atoms with E-state index in [4.69, 9.17) is 5.73 Å². The minimum absolute atomic E-state index is 0.478. The van der Waals surface area contributed by atoms with E-state index in [0.717, 1.165) is 17.1 Å². The number of nitrogens with zero attached hydrogens (tertiary/aromatic N) is 5. The Kier molecular flexibility index (Phi) is 2.31. The Morgan fingerprint density at radius 2 is 2.00 bits per heavy atom. The molecule has 0 aliphatic rings. The fourth-order valence-electron chi connectivity index (χ4n) is 1.49. The second-order valence-corrected chi connectivity index (χ2v) is 4.54. The van der Waals surface area contributed by atoms with Gasteiger partial charge < -0.3 is 5.73 Å². The molecule has 86 valence electrons. The van der Waals surface area contributed by atoms with Gasteiger partial charge in [0.05, 0.1) is 23.6 Å². The van der Waals surface area contributed by atoms with E-state index in [2.05, 4.69) is 15.4 Å². The number of hydrogen-bond donors (Lipinski definition) is 1. The van der Waals surface area contributed by atoms with Gasteiger partial charge in [-0.2, -0.15) is 5.10 Å². The van der Waals surface area contributed by atoms with Crippen LogP contribution in [0.2, 0.25) is 0 Å². The zero-order chi connectivity index (χ0) is 11.9. The maximum absolute atomic E-state index is 5.95. The van der Waals surface area contributed by atoms with Gasteiger partial charge in [-0.15, -0.1) is 5.10 Å². The molecule has 0 bridgehead atoms. The molecule has 16 heavy (non-hydrogen) atoms. The molecule has 2 rings (SSSR count). The molecule has 2 aromatic rings. The Morgan fingerprint density at radius 3 is 2.44 bits per heavy atom. The van der Waals surface area contributed by atoms with Gasteiger partial charge in [-0.1, -0.05) is 5.21 Å². The summed E-state index contributed by atoms with van der Waals surface area (Å²) in [5.41, 5.74) is 8.07. The van der Waals surface area contributed by atoms with E-state index in [-0.39, 0.29) is 0 Å². The average Bonchev–Trinajstić information content (AvgIpc) is 2.70. The summed E-state index contributed by atoms with van der Waals surface area (Å²) in [5, 5.41) is 12.4. The maximum Gasteiger partial charge on any atom is 0.107 e. The lowest BCUT2D eigenvalue weighted by Crippen LogP contribution is -2.29. The number of rotatable bonds is 2. The van der Waals surface area contributed by atoms with Crippen molar-refractivity contribution in [1.82, 2.24) is 24.8 Å². The van der Waals surface area contributed by atoms with Crippen molar-refractivity contribution in [2.75, 3.05) is 0 Å². The lowest BCUT2D eigenvalue weighted by molar-refractivity contribution is 0.533. The first-order chi connectivity index (χ1) is 7.38. The Bertz CT molecular complexity index is 502. The number of aromatic nitrogens is 5. The van der Waals surface area contributed by atoms with Crippen LogP contribution < -0.4 is 5.73 Å². The van der Waals surface area contributed by atoms with Gasteiger partial charge >= 0.3 is 0 Å². The molecule has 0 aliphatic carbocycles. The third kappa shape index (κ3) is 1.83. The summed E-state index contributed by atoms with van der Waals surface area (Å²) in [5.74, 6) is 0. The standard InChI is InChI=1S/C10H16N6/c1-7-8(5-15(4)13-7)16-6-9(12-14-16)10(2,3)11/h5-6H,11H2,1-4H3. The molecule has 6 nitrogen and oxygen atoms in total. The van der Waals surface area contributed by atoms with Crippen LogP contribution >= 0.6 is 0 Å². The minimum atomic E-state index is -0.478. The van der Waals surface area contributed by atoms with E-state index >= 15 is 0 Å². The topological polar surface area (TPSA) is 74.5 Å². The molecule has 0 unspecified atom stereocenters. The zero-order valence-corrected chi connectivity index (χ0v) is 9.97. The fraction of sp³-hybridized carbons (Fsp3) is 0.500. The van der Waals surface area contributed by atoms with Crippen molar-refractivity contribution >= 4 is 0 Å². The summed E-state index contributed by atoms with van der Waals surface area (Å²) in [7, 11) is 1.88. The Morgan fingerprint density at radius 1 is 1.31 bits per heavy atom. The van der Waals surface area contributed by atoms with E-state index in [1.807, 2.05) is 40.2 Å². The van der Waals surface area contributed by atoms with E-state index in [9.17, 15) is 0 Å². The molecular weight excluding hydrogens is 204 g/mol. The number of hydrogen-bond acceptors (Lipinski definition) is 4. The van der Waals surface area contributed by atoms with E-state index in [1.54, 1.807) is 9.36 Å². The van der Waals surface area contributed by atoms with Crippen molar-refractivity contribution in [2.45, 2.75) is 26.3 Å². The van der Waals surface area contributed by atoms with Crippen LogP contribution in [0.1, 0.15) is 25.2 Å². The molecule has 6 heteroatoms.